The summed E-state index contributed by atoms with van der Waals surface area (Å²) in [7, 11) is 0. The van der Waals surface area contributed by atoms with Crippen LogP contribution in [0.1, 0.15) is 24.8 Å². The molecule has 1 fully saturated rings. The van der Waals surface area contributed by atoms with Gasteiger partial charge in [0.1, 0.15) is 5.75 Å². The van der Waals surface area contributed by atoms with Gasteiger partial charge in [-0.1, -0.05) is 42.5 Å². The minimum Gasteiger partial charge on any atom is -0.493 e. The number of rotatable bonds is 8. The molecule has 0 unspecified atom stereocenters. The van der Waals surface area contributed by atoms with E-state index in [2.05, 4.69) is 16.7 Å². The zero-order valence-corrected chi connectivity index (χ0v) is 16.2. The lowest BCUT2D eigenvalue weighted by Crippen LogP contribution is -2.24. The van der Waals surface area contributed by atoms with E-state index in [0.29, 0.717) is 13.2 Å². The van der Waals surface area contributed by atoms with Crippen molar-refractivity contribution in [3.05, 3.63) is 72.3 Å². The summed E-state index contributed by atoms with van der Waals surface area (Å²) < 4.78 is 5.72. The fourth-order valence-electron chi connectivity index (χ4n) is 3.16. The number of hydrogen-bond acceptors (Lipinski definition) is 3. The van der Waals surface area contributed by atoms with Gasteiger partial charge in [-0.05, 0) is 53.4 Å². The van der Waals surface area contributed by atoms with Crippen molar-refractivity contribution in [1.29, 1.82) is 0 Å². The number of carbonyl (C=O) groups is 2. The van der Waals surface area contributed by atoms with E-state index in [1.54, 1.807) is 0 Å². The monoisotopic (exact) mass is 388 g/mol. The first-order chi connectivity index (χ1) is 14.2. The third kappa shape index (κ3) is 5.35. The quantitative estimate of drug-likeness (QED) is 0.605. The van der Waals surface area contributed by atoms with Crippen LogP contribution in [0, 0.1) is 5.92 Å². The number of anilines is 1. The van der Waals surface area contributed by atoms with Crippen LogP contribution in [0.15, 0.2) is 66.7 Å². The molecule has 0 bridgehead atoms. The molecule has 1 saturated carbocycles. The molecule has 148 valence electrons. The lowest BCUT2D eigenvalue weighted by Gasteiger charge is -2.10. The molecular formula is C24H24N2O3. The van der Waals surface area contributed by atoms with Gasteiger partial charge in [0.25, 0.3) is 0 Å². The number of hydrogen-bond donors (Lipinski definition) is 2. The molecule has 0 radical (unpaired) electrons. The Kier molecular flexibility index (Phi) is 5.75. The fraction of sp³-hybridized carbons (Fsp3) is 0.250. The highest BCUT2D eigenvalue weighted by Gasteiger charge is 2.29. The SMILES string of the molecule is O=C(CCOc1ccc2ccccc2c1)NCc1cccc(NC(=O)C2CC2)c1. The number of carbonyl (C=O) groups excluding carboxylic acids is 2. The molecular weight excluding hydrogens is 364 g/mol. The highest BCUT2D eigenvalue weighted by molar-refractivity contribution is 5.94. The van der Waals surface area contributed by atoms with Gasteiger partial charge in [-0.3, -0.25) is 9.59 Å². The molecule has 2 amide bonds. The summed E-state index contributed by atoms with van der Waals surface area (Å²) in [5, 5.41) is 8.10. The van der Waals surface area contributed by atoms with Gasteiger partial charge >= 0.3 is 0 Å². The Balaban J connectivity index is 1.22. The molecule has 1 aliphatic carbocycles. The second-order valence-electron chi connectivity index (χ2n) is 7.35. The zero-order chi connectivity index (χ0) is 20.1. The van der Waals surface area contributed by atoms with Crippen LogP contribution in [-0.4, -0.2) is 18.4 Å². The van der Waals surface area contributed by atoms with E-state index in [-0.39, 0.29) is 24.2 Å². The third-order valence-electron chi connectivity index (χ3n) is 4.95. The molecule has 0 saturated heterocycles. The number of ether oxygens (including phenoxy) is 1. The van der Waals surface area contributed by atoms with Gasteiger partial charge in [0.2, 0.25) is 11.8 Å². The van der Waals surface area contributed by atoms with Crippen LogP contribution in [0.4, 0.5) is 5.69 Å². The first kappa shape index (κ1) is 19.0. The third-order valence-corrected chi connectivity index (χ3v) is 4.95. The molecule has 2 N–H and O–H groups in total. The van der Waals surface area contributed by atoms with Crippen LogP contribution in [0.3, 0.4) is 0 Å². The van der Waals surface area contributed by atoms with Gasteiger partial charge in [-0.2, -0.15) is 0 Å². The average molecular weight is 388 g/mol. The van der Waals surface area contributed by atoms with Gasteiger partial charge in [0, 0.05) is 18.2 Å². The molecule has 3 aromatic carbocycles. The maximum atomic E-state index is 12.1. The second-order valence-corrected chi connectivity index (χ2v) is 7.35. The summed E-state index contributed by atoms with van der Waals surface area (Å²) in [5.41, 5.74) is 1.72. The van der Waals surface area contributed by atoms with Crippen LogP contribution in [0.2, 0.25) is 0 Å². The lowest BCUT2D eigenvalue weighted by atomic mass is 10.1. The first-order valence-electron chi connectivity index (χ1n) is 9.95. The van der Waals surface area contributed by atoms with Crippen LogP contribution in [0.5, 0.6) is 5.75 Å². The van der Waals surface area contributed by atoms with Crippen molar-refractivity contribution >= 4 is 28.3 Å². The zero-order valence-electron chi connectivity index (χ0n) is 16.2. The van der Waals surface area contributed by atoms with Gasteiger partial charge < -0.3 is 15.4 Å². The molecule has 0 aromatic heterocycles. The number of benzene rings is 3. The Morgan fingerprint density at radius 1 is 0.931 bits per heavy atom. The summed E-state index contributed by atoms with van der Waals surface area (Å²) >= 11 is 0. The Labute approximate surface area is 170 Å². The highest BCUT2D eigenvalue weighted by Crippen LogP contribution is 2.30. The molecule has 5 heteroatoms. The van der Waals surface area contributed by atoms with E-state index in [0.717, 1.165) is 40.6 Å². The van der Waals surface area contributed by atoms with Crippen molar-refractivity contribution < 1.29 is 14.3 Å². The number of amides is 2. The van der Waals surface area contributed by atoms with Gasteiger partial charge in [-0.25, -0.2) is 0 Å². The number of nitrogens with one attached hydrogen (secondary N) is 2. The molecule has 0 atom stereocenters. The first-order valence-corrected chi connectivity index (χ1v) is 9.95. The lowest BCUT2D eigenvalue weighted by molar-refractivity contribution is -0.121. The van der Waals surface area contributed by atoms with Crippen molar-refractivity contribution in [1.82, 2.24) is 5.32 Å². The van der Waals surface area contributed by atoms with Gasteiger partial charge in [0.05, 0.1) is 13.0 Å². The van der Waals surface area contributed by atoms with Crippen LogP contribution in [0.25, 0.3) is 10.8 Å². The van der Waals surface area contributed by atoms with E-state index in [4.69, 9.17) is 4.74 Å². The van der Waals surface area contributed by atoms with Crippen LogP contribution >= 0.6 is 0 Å². The Bertz CT molecular complexity index is 1030. The Hall–Kier alpha value is -3.34. The van der Waals surface area contributed by atoms with E-state index in [1.807, 2.05) is 60.7 Å². The molecule has 4 rings (SSSR count). The van der Waals surface area contributed by atoms with Crippen molar-refractivity contribution in [2.24, 2.45) is 5.92 Å². The Morgan fingerprint density at radius 2 is 1.76 bits per heavy atom. The highest BCUT2D eigenvalue weighted by atomic mass is 16.5. The molecule has 0 aliphatic heterocycles. The molecule has 29 heavy (non-hydrogen) atoms. The summed E-state index contributed by atoms with van der Waals surface area (Å²) in [6, 6.07) is 21.6. The molecule has 0 spiro atoms. The maximum absolute atomic E-state index is 12.1. The van der Waals surface area contributed by atoms with Crippen molar-refractivity contribution in [3.8, 4) is 5.75 Å². The summed E-state index contributed by atoms with van der Waals surface area (Å²) in [4.78, 5) is 24.0. The second kappa shape index (κ2) is 8.78. The predicted octanol–water partition coefficient (Wildman–Crippen LogP) is 4.27. The smallest absolute Gasteiger partial charge is 0.227 e. The van der Waals surface area contributed by atoms with Crippen molar-refractivity contribution in [3.63, 3.8) is 0 Å². The van der Waals surface area contributed by atoms with Crippen LogP contribution in [-0.2, 0) is 16.1 Å². The molecule has 1 aliphatic rings. The maximum Gasteiger partial charge on any atom is 0.227 e. The molecule has 5 nitrogen and oxygen atoms in total. The Morgan fingerprint density at radius 3 is 2.59 bits per heavy atom. The predicted molar refractivity (Wildman–Crippen MR) is 114 cm³/mol. The van der Waals surface area contributed by atoms with Crippen molar-refractivity contribution in [2.75, 3.05) is 11.9 Å². The standard InChI is InChI=1S/C24H24N2O3/c27-23(12-13-29-22-11-10-18-5-1-2-6-20(18)15-22)25-16-17-4-3-7-21(14-17)26-24(28)19-8-9-19/h1-7,10-11,14-15,19H,8-9,12-13,16H2,(H,25,27)(H,26,28). The van der Waals surface area contributed by atoms with E-state index < -0.39 is 0 Å². The topological polar surface area (TPSA) is 67.4 Å². The van der Waals surface area contributed by atoms with Crippen LogP contribution < -0.4 is 15.4 Å². The van der Waals surface area contributed by atoms with E-state index in [9.17, 15) is 9.59 Å². The van der Waals surface area contributed by atoms with Gasteiger partial charge in [0.15, 0.2) is 0 Å². The minimum absolute atomic E-state index is 0.0711. The van der Waals surface area contributed by atoms with Gasteiger partial charge in [-0.15, -0.1) is 0 Å². The van der Waals surface area contributed by atoms with E-state index in [1.165, 1.54) is 0 Å². The average Bonchev–Trinajstić information content (AvgIpc) is 3.58. The normalized spacial score (nSPS) is 13.1. The number of fused-ring (bicyclic) bond motifs is 1. The molecule has 0 heterocycles. The summed E-state index contributed by atoms with van der Waals surface area (Å²) in [5.74, 6) is 0.937. The summed E-state index contributed by atoms with van der Waals surface area (Å²) in [6.07, 6.45) is 2.23. The minimum atomic E-state index is -0.0711. The molecule has 3 aromatic rings. The van der Waals surface area contributed by atoms with Crippen molar-refractivity contribution in [2.45, 2.75) is 25.8 Å². The largest absolute Gasteiger partial charge is 0.493 e. The summed E-state index contributed by atoms with van der Waals surface area (Å²) in [6.45, 7) is 0.740. The van der Waals surface area contributed by atoms with E-state index >= 15 is 0 Å². The fourth-order valence-corrected chi connectivity index (χ4v) is 3.16.